The smallest absolute Gasteiger partial charge is 0.113 e. The van der Waals surface area contributed by atoms with Gasteiger partial charge < -0.3 is 15.0 Å². The zero-order valence-electron chi connectivity index (χ0n) is 12.2. The molecule has 1 aromatic heterocycles. The summed E-state index contributed by atoms with van der Waals surface area (Å²) in [5, 5.41) is 0. The number of nitrogen functional groups attached to an aromatic ring is 1. The molecule has 1 aliphatic heterocycles. The predicted octanol–water partition coefficient (Wildman–Crippen LogP) is 1.39. The third kappa shape index (κ3) is 3.83. The van der Waals surface area contributed by atoms with Crippen LogP contribution in [0.1, 0.15) is 11.4 Å². The first-order valence-corrected chi connectivity index (χ1v) is 7.46. The predicted molar refractivity (Wildman–Crippen MR) is 83.1 cm³/mol. The zero-order chi connectivity index (χ0) is 14.5. The summed E-state index contributed by atoms with van der Waals surface area (Å²) in [7, 11) is 0. The summed E-state index contributed by atoms with van der Waals surface area (Å²) in [6.07, 6.45) is 4.75. The number of hydrogen-bond acceptors (Lipinski definition) is 4. The van der Waals surface area contributed by atoms with E-state index in [4.69, 9.17) is 10.5 Å². The maximum atomic E-state index is 5.84. The monoisotopic (exact) mass is 286 g/mol. The van der Waals surface area contributed by atoms with Gasteiger partial charge in [-0.3, -0.25) is 4.90 Å². The van der Waals surface area contributed by atoms with E-state index in [1.54, 1.807) is 0 Å². The van der Waals surface area contributed by atoms with E-state index >= 15 is 0 Å². The van der Waals surface area contributed by atoms with Crippen LogP contribution in [-0.2, 0) is 17.7 Å². The molecule has 3 rings (SSSR count). The van der Waals surface area contributed by atoms with Crippen molar-refractivity contribution in [3.63, 3.8) is 0 Å². The molecule has 0 aliphatic carbocycles. The number of rotatable bonds is 5. The second kappa shape index (κ2) is 6.74. The van der Waals surface area contributed by atoms with Gasteiger partial charge in [-0.2, -0.15) is 0 Å². The van der Waals surface area contributed by atoms with Crippen LogP contribution in [0.15, 0.2) is 36.7 Å². The lowest BCUT2D eigenvalue weighted by Gasteiger charge is -2.26. The van der Waals surface area contributed by atoms with Gasteiger partial charge in [0.1, 0.15) is 5.82 Å². The van der Waals surface area contributed by atoms with Crippen molar-refractivity contribution in [2.75, 3.05) is 38.6 Å². The fourth-order valence-corrected chi connectivity index (χ4v) is 2.67. The van der Waals surface area contributed by atoms with Gasteiger partial charge in [-0.25, -0.2) is 4.98 Å². The zero-order valence-corrected chi connectivity index (χ0v) is 12.2. The van der Waals surface area contributed by atoms with Crippen molar-refractivity contribution in [3.8, 4) is 0 Å². The van der Waals surface area contributed by atoms with Gasteiger partial charge in [0, 0.05) is 50.7 Å². The summed E-state index contributed by atoms with van der Waals surface area (Å²) >= 11 is 0. The molecule has 0 bridgehead atoms. The maximum Gasteiger partial charge on any atom is 0.113 e. The van der Waals surface area contributed by atoms with Crippen LogP contribution in [0, 0.1) is 0 Å². The van der Waals surface area contributed by atoms with E-state index in [2.05, 4.69) is 26.7 Å². The lowest BCUT2D eigenvalue weighted by molar-refractivity contribution is 0.0363. The molecular weight excluding hydrogens is 264 g/mol. The molecule has 21 heavy (non-hydrogen) atoms. The largest absolute Gasteiger partial charge is 0.399 e. The SMILES string of the molecule is Nc1cccc(Cc2nccn2CCN2CCOCC2)c1. The Labute approximate surface area is 125 Å². The van der Waals surface area contributed by atoms with Gasteiger partial charge in [0.2, 0.25) is 0 Å². The number of anilines is 1. The van der Waals surface area contributed by atoms with Gasteiger partial charge in [0.25, 0.3) is 0 Å². The molecule has 0 spiro atoms. The topological polar surface area (TPSA) is 56.3 Å². The highest BCUT2D eigenvalue weighted by atomic mass is 16.5. The van der Waals surface area contributed by atoms with Crippen molar-refractivity contribution < 1.29 is 4.74 Å². The van der Waals surface area contributed by atoms with Gasteiger partial charge in [0.05, 0.1) is 13.2 Å². The summed E-state index contributed by atoms with van der Waals surface area (Å²) < 4.78 is 7.61. The van der Waals surface area contributed by atoms with E-state index in [0.29, 0.717) is 0 Å². The van der Waals surface area contributed by atoms with Crippen LogP contribution in [0.2, 0.25) is 0 Å². The molecule has 0 atom stereocenters. The van der Waals surface area contributed by atoms with Crippen LogP contribution in [0.3, 0.4) is 0 Å². The van der Waals surface area contributed by atoms with Gasteiger partial charge in [0.15, 0.2) is 0 Å². The Hall–Kier alpha value is -1.85. The van der Waals surface area contributed by atoms with Crippen molar-refractivity contribution in [1.29, 1.82) is 0 Å². The normalized spacial score (nSPS) is 16.2. The average molecular weight is 286 g/mol. The molecule has 2 N–H and O–H groups in total. The number of benzene rings is 1. The molecule has 1 aliphatic rings. The van der Waals surface area contributed by atoms with E-state index in [0.717, 1.165) is 57.3 Å². The van der Waals surface area contributed by atoms with Gasteiger partial charge in [-0.1, -0.05) is 12.1 Å². The molecule has 112 valence electrons. The highest BCUT2D eigenvalue weighted by molar-refractivity contribution is 5.41. The summed E-state index contributed by atoms with van der Waals surface area (Å²) in [6, 6.07) is 8.01. The highest BCUT2D eigenvalue weighted by Gasteiger charge is 2.11. The average Bonchev–Trinajstić information content (AvgIpc) is 2.93. The summed E-state index contributed by atoms with van der Waals surface area (Å²) in [6.45, 7) is 5.76. The van der Waals surface area contributed by atoms with E-state index in [9.17, 15) is 0 Å². The van der Waals surface area contributed by atoms with Crippen molar-refractivity contribution in [2.45, 2.75) is 13.0 Å². The van der Waals surface area contributed by atoms with Crippen molar-refractivity contribution >= 4 is 5.69 Å². The number of hydrogen-bond donors (Lipinski definition) is 1. The van der Waals surface area contributed by atoms with Crippen molar-refractivity contribution in [3.05, 3.63) is 48.0 Å². The highest BCUT2D eigenvalue weighted by Crippen LogP contribution is 2.12. The van der Waals surface area contributed by atoms with Crippen LogP contribution >= 0.6 is 0 Å². The molecule has 2 heterocycles. The lowest BCUT2D eigenvalue weighted by atomic mass is 10.1. The first-order chi connectivity index (χ1) is 10.3. The summed E-state index contributed by atoms with van der Waals surface area (Å²) in [5.41, 5.74) is 7.84. The number of nitrogens with two attached hydrogens (primary N) is 1. The molecule has 5 heteroatoms. The second-order valence-corrected chi connectivity index (χ2v) is 5.41. The number of aromatic nitrogens is 2. The molecule has 1 fully saturated rings. The third-order valence-electron chi connectivity index (χ3n) is 3.88. The molecule has 0 radical (unpaired) electrons. The van der Waals surface area contributed by atoms with Gasteiger partial charge in [-0.15, -0.1) is 0 Å². The Morgan fingerprint density at radius 3 is 2.86 bits per heavy atom. The van der Waals surface area contributed by atoms with Crippen LogP contribution in [0.4, 0.5) is 5.69 Å². The standard InChI is InChI=1S/C16H22N4O/c17-15-3-1-2-14(12-15)13-16-18-4-5-20(16)7-6-19-8-10-21-11-9-19/h1-5,12H,6-11,13,17H2. The molecule has 1 aromatic carbocycles. The van der Waals surface area contributed by atoms with Crippen LogP contribution in [0.5, 0.6) is 0 Å². The Morgan fingerprint density at radius 2 is 2.05 bits per heavy atom. The van der Waals surface area contributed by atoms with E-state index in [-0.39, 0.29) is 0 Å². The van der Waals surface area contributed by atoms with Crippen molar-refractivity contribution in [2.24, 2.45) is 0 Å². The minimum absolute atomic E-state index is 0.805. The first-order valence-electron chi connectivity index (χ1n) is 7.46. The molecule has 2 aromatic rings. The summed E-state index contributed by atoms with van der Waals surface area (Å²) in [5.74, 6) is 1.09. The number of ether oxygens (including phenoxy) is 1. The van der Waals surface area contributed by atoms with Gasteiger partial charge >= 0.3 is 0 Å². The van der Waals surface area contributed by atoms with Crippen LogP contribution < -0.4 is 5.73 Å². The molecule has 0 amide bonds. The molecule has 1 saturated heterocycles. The molecule has 0 unspecified atom stereocenters. The number of morpholine rings is 1. The Balaban J connectivity index is 1.60. The molecule has 5 nitrogen and oxygen atoms in total. The molecular formula is C16H22N4O. The fraction of sp³-hybridized carbons (Fsp3) is 0.438. The van der Waals surface area contributed by atoms with Gasteiger partial charge in [-0.05, 0) is 17.7 Å². The Morgan fingerprint density at radius 1 is 1.19 bits per heavy atom. The second-order valence-electron chi connectivity index (χ2n) is 5.41. The minimum Gasteiger partial charge on any atom is -0.399 e. The third-order valence-corrected chi connectivity index (χ3v) is 3.88. The van der Waals surface area contributed by atoms with Crippen LogP contribution in [-0.4, -0.2) is 47.3 Å². The quantitative estimate of drug-likeness (QED) is 0.844. The maximum absolute atomic E-state index is 5.84. The number of nitrogens with zero attached hydrogens (tertiary/aromatic N) is 3. The Bertz CT molecular complexity index is 575. The van der Waals surface area contributed by atoms with Crippen molar-refractivity contribution in [1.82, 2.24) is 14.5 Å². The summed E-state index contributed by atoms with van der Waals surface area (Å²) in [4.78, 5) is 6.92. The Kier molecular flexibility index (Phi) is 4.52. The fourth-order valence-electron chi connectivity index (χ4n) is 2.67. The lowest BCUT2D eigenvalue weighted by Crippen LogP contribution is -2.38. The van der Waals surface area contributed by atoms with Crippen LogP contribution in [0.25, 0.3) is 0 Å². The minimum atomic E-state index is 0.805. The van der Waals surface area contributed by atoms with E-state index in [1.165, 1.54) is 5.56 Å². The molecule has 0 saturated carbocycles. The van der Waals surface area contributed by atoms with E-state index < -0.39 is 0 Å². The van der Waals surface area contributed by atoms with E-state index in [1.807, 2.05) is 24.4 Å². The first kappa shape index (κ1) is 14.1. The number of imidazole rings is 1.